The number of hydrogen-bond acceptors (Lipinski definition) is 2. The van der Waals surface area contributed by atoms with Gasteiger partial charge in [0.2, 0.25) is 0 Å². The maximum atomic E-state index is 11.7. The summed E-state index contributed by atoms with van der Waals surface area (Å²) in [6.45, 7) is 9.30. The lowest BCUT2D eigenvalue weighted by molar-refractivity contribution is 0.550. The molecule has 124 valence electrons. The van der Waals surface area contributed by atoms with Crippen LogP contribution in [0.25, 0.3) is 11.0 Å². The van der Waals surface area contributed by atoms with Gasteiger partial charge in [-0.1, -0.05) is 40.0 Å². The Bertz CT molecular complexity index is 665. The molecule has 0 aliphatic carbocycles. The number of nitrogens with zero attached hydrogens (tertiary/aromatic N) is 2. The van der Waals surface area contributed by atoms with Crippen molar-refractivity contribution < 1.29 is 0 Å². The van der Waals surface area contributed by atoms with Crippen LogP contribution in [-0.4, -0.2) is 9.13 Å². The smallest absolute Gasteiger partial charge is 0.326 e. The molecule has 0 saturated carbocycles. The fourth-order valence-corrected chi connectivity index (χ4v) is 2.53. The maximum Gasteiger partial charge on any atom is 0.328 e. The minimum absolute atomic E-state index is 0.00132. The summed E-state index contributed by atoms with van der Waals surface area (Å²) in [4.78, 5) is 11.7. The Labute approximate surface area is 133 Å². The largest absolute Gasteiger partial charge is 0.328 e. The monoisotopic (exact) mass is 305 g/mol. The molecule has 4 nitrogen and oxygen atoms in total. The van der Waals surface area contributed by atoms with Gasteiger partial charge in [0.25, 0.3) is 0 Å². The van der Waals surface area contributed by atoms with Gasteiger partial charge in [0.15, 0.2) is 0 Å². The molecular formula is C18H31N3O. The summed E-state index contributed by atoms with van der Waals surface area (Å²) in [5, 5.41) is 0. The van der Waals surface area contributed by atoms with Gasteiger partial charge in [-0.3, -0.25) is 9.13 Å². The molecule has 0 unspecified atom stereocenters. The Hall–Kier alpha value is -1.55. The molecule has 1 aromatic heterocycles. The second kappa shape index (κ2) is 8.18. The van der Waals surface area contributed by atoms with Gasteiger partial charge in [0, 0.05) is 20.6 Å². The third-order valence-electron chi connectivity index (χ3n) is 4.08. The van der Waals surface area contributed by atoms with E-state index in [1.807, 2.05) is 19.1 Å². The number of fused-ring (bicyclic) bond motifs is 1. The van der Waals surface area contributed by atoms with E-state index in [-0.39, 0.29) is 5.69 Å². The molecule has 4 heteroatoms. The van der Waals surface area contributed by atoms with E-state index in [1.165, 1.54) is 19.3 Å². The van der Waals surface area contributed by atoms with Crippen LogP contribution in [0, 0.1) is 12.8 Å². The summed E-state index contributed by atoms with van der Waals surface area (Å²) in [6.07, 6.45) is 4.15. The molecule has 0 radical (unpaired) electrons. The summed E-state index contributed by atoms with van der Waals surface area (Å²) in [5.74, 6) is 0.903. The molecule has 0 aliphatic rings. The molecule has 0 bridgehead atoms. The van der Waals surface area contributed by atoms with Crippen LogP contribution in [0.4, 0.5) is 0 Å². The van der Waals surface area contributed by atoms with Crippen LogP contribution in [0.15, 0.2) is 16.9 Å². The number of unbranched alkanes of at least 4 members (excludes halogenated alkanes) is 1. The Morgan fingerprint density at radius 2 is 1.68 bits per heavy atom. The lowest BCUT2D eigenvalue weighted by atomic mass is 10.1. The van der Waals surface area contributed by atoms with E-state index in [0.29, 0.717) is 6.54 Å². The summed E-state index contributed by atoms with van der Waals surface area (Å²) in [7, 11) is 3.56. The summed E-state index contributed by atoms with van der Waals surface area (Å²) in [6, 6.07) is 4.00. The number of hydrogen-bond donors (Lipinski definition) is 1. The zero-order valence-electron chi connectivity index (χ0n) is 14.9. The number of rotatable bonds is 4. The van der Waals surface area contributed by atoms with Crippen molar-refractivity contribution in [2.75, 3.05) is 0 Å². The van der Waals surface area contributed by atoms with Crippen molar-refractivity contribution in [3.63, 3.8) is 0 Å². The van der Waals surface area contributed by atoms with Crippen molar-refractivity contribution in [3.05, 3.63) is 33.7 Å². The summed E-state index contributed by atoms with van der Waals surface area (Å²) < 4.78 is 3.30. The van der Waals surface area contributed by atoms with E-state index >= 15 is 0 Å². The van der Waals surface area contributed by atoms with Gasteiger partial charge >= 0.3 is 5.69 Å². The number of aryl methyl sites for hydroxylation is 3. The molecule has 2 aromatic rings. The lowest BCUT2D eigenvalue weighted by Gasteiger charge is -2.04. The zero-order valence-corrected chi connectivity index (χ0v) is 14.9. The molecule has 22 heavy (non-hydrogen) atoms. The van der Waals surface area contributed by atoms with Gasteiger partial charge in [0.05, 0.1) is 11.0 Å². The quantitative estimate of drug-likeness (QED) is 0.940. The number of aromatic nitrogens is 2. The molecule has 1 aromatic carbocycles. The molecule has 2 rings (SSSR count). The number of benzene rings is 1. The fraction of sp³-hybridized carbons (Fsp3) is 0.611. The fourth-order valence-electron chi connectivity index (χ4n) is 2.53. The second-order valence-corrected chi connectivity index (χ2v) is 6.41. The number of nitrogens with two attached hydrogens (primary N) is 1. The standard InChI is InChI=1S/C11H15N3O.C7H16/c1-7-4-9-10(5-8(7)6-12)14(3)11(15)13(9)2;1-4-5-6-7(2)3/h4-5H,6,12H2,1-3H3;7H,4-6H2,1-3H3. The van der Waals surface area contributed by atoms with Crippen molar-refractivity contribution in [3.8, 4) is 0 Å². The van der Waals surface area contributed by atoms with Crippen molar-refractivity contribution in [1.29, 1.82) is 0 Å². The van der Waals surface area contributed by atoms with Gasteiger partial charge in [-0.05, 0) is 36.1 Å². The highest BCUT2D eigenvalue weighted by molar-refractivity contribution is 5.78. The highest BCUT2D eigenvalue weighted by Gasteiger charge is 2.09. The minimum atomic E-state index is -0.00132. The third kappa shape index (κ3) is 4.23. The molecule has 0 fully saturated rings. The average molecular weight is 305 g/mol. The van der Waals surface area contributed by atoms with Crippen molar-refractivity contribution >= 4 is 11.0 Å². The average Bonchev–Trinajstić information content (AvgIpc) is 2.69. The minimum Gasteiger partial charge on any atom is -0.326 e. The molecular weight excluding hydrogens is 274 g/mol. The van der Waals surface area contributed by atoms with E-state index in [9.17, 15) is 4.79 Å². The van der Waals surface area contributed by atoms with Gasteiger partial charge in [-0.15, -0.1) is 0 Å². The zero-order chi connectivity index (χ0) is 16.9. The van der Waals surface area contributed by atoms with Crippen LogP contribution in [-0.2, 0) is 20.6 Å². The topological polar surface area (TPSA) is 52.9 Å². The molecule has 0 atom stereocenters. The van der Waals surface area contributed by atoms with Crippen LogP contribution >= 0.6 is 0 Å². The highest BCUT2D eigenvalue weighted by atomic mass is 16.1. The summed E-state index contributed by atoms with van der Waals surface area (Å²) >= 11 is 0. The second-order valence-electron chi connectivity index (χ2n) is 6.41. The van der Waals surface area contributed by atoms with Crippen LogP contribution in [0.2, 0.25) is 0 Å². The highest BCUT2D eigenvalue weighted by Crippen LogP contribution is 2.17. The van der Waals surface area contributed by atoms with Gasteiger partial charge < -0.3 is 5.73 Å². The van der Waals surface area contributed by atoms with Crippen molar-refractivity contribution in [2.24, 2.45) is 25.7 Å². The van der Waals surface area contributed by atoms with Crippen LogP contribution in [0.1, 0.15) is 51.2 Å². The molecule has 1 heterocycles. The predicted octanol–water partition coefficient (Wildman–Crippen LogP) is 3.48. The van der Waals surface area contributed by atoms with E-state index < -0.39 is 0 Å². The van der Waals surface area contributed by atoms with Crippen molar-refractivity contribution in [2.45, 2.75) is 53.5 Å². The van der Waals surface area contributed by atoms with Crippen LogP contribution in [0.5, 0.6) is 0 Å². The first-order valence-electron chi connectivity index (χ1n) is 8.18. The van der Waals surface area contributed by atoms with E-state index in [2.05, 4.69) is 20.8 Å². The molecule has 0 aliphatic heterocycles. The Balaban J connectivity index is 0.000000295. The Morgan fingerprint density at radius 3 is 2.09 bits per heavy atom. The molecule has 0 spiro atoms. The number of imidazole rings is 1. The normalized spacial score (nSPS) is 10.9. The van der Waals surface area contributed by atoms with E-state index in [4.69, 9.17) is 5.73 Å². The van der Waals surface area contributed by atoms with E-state index in [1.54, 1.807) is 23.2 Å². The van der Waals surface area contributed by atoms with Crippen LogP contribution < -0.4 is 11.4 Å². The first-order chi connectivity index (χ1) is 10.3. The van der Waals surface area contributed by atoms with Gasteiger partial charge in [0.1, 0.15) is 0 Å². The Kier molecular flexibility index (Phi) is 6.88. The lowest BCUT2D eigenvalue weighted by Crippen LogP contribution is -2.19. The molecule has 0 saturated heterocycles. The Morgan fingerprint density at radius 1 is 1.14 bits per heavy atom. The third-order valence-corrected chi connectivity index (χ3v) is 4.08. The molecule has 0 amide bonds. The van der Waals surface area contributed by atoms with Crippen LogP contribution in [0.3, 0.4) is 0 Å². The van der Waals surface area contributed by atoms with Crippen molar-refractivity contribution in [1.82, 2.24) is 9.13 Å². The SMILES string of the molecule is CCCCC(C)C.Cc1cc2c(cc1CN)n(C)c(=O)n2C. The maximum absolute atomic E-state index is 11.7. The van der Waals surface area contributed by atoms with Gasteiger partial charge in [-0.25, -0.2) is 4.79 Å². The summed E-state index contributed by atoms with van der Waals surface area (Å²) in [5.41, 5.74) is 9.75. The molecule has 2 N–H and O–H groups in total. The predicted molar refractivity (Wildman–Crippen MR) is 95.2 cm³/mol. The first-order valence-corrected chi connectivity index (χ1v) is 8.18. The van der Waals surface area contributed by atoms with E-state index in [0.717, 1.165) is 28.1 Å². The first kappa shape index (κ1) is 18.5. The van der Waals surface area contributed by atoms with Gasteiger partial charge in [-0.2, -0.15) is 0 Å².